The van der Waals surface area contributed by atoms with Gasteiger partial charge in [-0.25, -0.2) is 4.98 Å². The lowest BCUT2D eigenvalue weighted by Crippen LogP contribution is -2.20. The van der Waals surface area contributed by atoms with Crippen LogP contribution in [0.4, 0.5) is 0 Å². The highest BCUT2D eigenvalue weighted by Gasteiger charge is 2.15. The Morgan fingerprint density at radius 3 is 2.94 bits per heavy atom. The van der Waals surface area contributed by atoms with Crippen molar-refractivity contribution in [3.05, 3.63) is 35.8 Å². The molecule has 0 fully saturated rings. The van der Waals surface area contributed by atoms with Crippen molar-refractivity contribution >= 4 is 0 Å². The fraction of sp³-hybridized carbons (Fsp3) is 0.500. The quantitative estimate of drug-likeness (QED) is 0.855. The lowest BCUT2D eigenvalue weighted by molar-refractivity contribution is 0.508. The Morgan fingerprint density at radius 2 is 2.35 bits per heavy atom. The summed E-state index contributed by atoms with van der Waals surface area (Å²) in [6.07, 6.45) is 4.21. The summed E-state index contributed by atoms with van der Waals surface area (Å²) >= 11 is 0. The van der Waals surface area contributed by atoms with Crippen molar-refractivity contribution in [2.45, 2.75) is 32.9 Å². The van der Waals surface area contributed by atoms with Gasteiger partial charge in [0.15, 0.2) is 0 Å². The number of nitrogens with one attached hydrogen (secondary N) is 1. The molecule has 0 aromatic carbocycles. The minimum atomic E-state index is 0.210. The SMILES string of the molecule is CCn1ncnc1CC(NC)c1coc(C)c1. The number of aryl methyl sites for hydroxylation is 2. The van der Waals surface area contributed by atoms with Gasteiger partial charge in [0.1, 0.15) is 17.9 Å². The lowest BCUT2D eigenvalue weighted by Gasteiger charge is -2.13. The summed E-state index contributed by atoms with van der Waals surface area (Å²) in [7, 11) is 1.94. The van der Waals surface area contributed by atoms with Crippen LogP contribution in [0, 0.1) is 6.92 Å². The Morgan fingerprint density at radius 1 is 1.53 bits per heavy atom. The number of furan rings is 1. The number of hydrogen-bond donors (Lipinski definition) is 1. The van der Waals surface area contributed by atoms with E-state index < -0.39 is 0 Å². The van der Waals surface area contributed by atoms with Gasteiger partial charge in [-0.15, -0.1) is 0 Å². The van der Waals surface area contributed by atoms with Gasteiger partial charge in [0, 0.05) is 24.6 Å². The predicted molar refractivity (Wildman–Crippen MR) is 64.6 cm³/mol. The molecule has 0 saturated carbocycles. The van der Waals surface area contributed by atoms with Crippen LogP contribution in [0.1, 0.15) is 30.1 Å². The van der Waals surface area contributed by atoms with Gasteiger partial charge in [0.25, 0.3) is 0 Å². The molecule has 5 heteroatoms. The third-order valence-electron chi connectivity index (χ3n) is 2.88. The highest BCUT2D eigenvalue weighted by molar-refractivity contribution is 5.17. The molecule has 17 heavy (non-hydrogen) atoms. The molecule has 2 rings (SSSR count). The van der Waals surface area contributed by atoms with Crippen LogP contribution >= 0.6 is 0 Å². The van der Waals surface area contributed by atoms with Crippen molar-refractivity contribution in [2.24, 2.45) is 0 Å². The summed E-state index contributed by atoms with van der Waals surface area (Å²) in [6, 6.07) is 2.26. The molecule has 0 aliphatic carbocycles. The highest BCUT2D eigenvalue weighted by atomic mass is 16.3. The third kappa shape index (κ3) is 2.55. The maximum Gasteiger partial charge on any atom is 0.138 e. The van der Waals surface area contributed by atoms with Crippen LogP contribution in [-0.2, 0) is 13.0 Å². The molecule has 0 spiro atoms. The first-order chi connectivity index (χ1) is 8.24. The zero-order valence-corrected chi connectivity index (χ0v) is 10.5. The van der Waals surface area contributed by atoms with Gasteiger partial charge in [0.05, 0.1) is 6.26 Å². The molecule has 1 unspecified atom stereocenters. The molecule has 0 aliphatic heterocycles. The largest absolute Gasteiger partial charge is 0.469 e. The Hall–Kier alpha value is -1.62. The summed E-state index contributed by atoms with van der Waals surface area (Å²) in [5.41, 5.74) is 1.15. The van der Waals surface area contributed by atoms with Crippen LogP contribution in [0.5, 0.6) is 0 Å². The Bertz CT molecular complexity index is 474. The molecule has 1 N–H and O–H groups in total. The summed E-state index contributed by atoms with van der Waals surface area (Å²) in [5.74, 6) is 1.92. The van der Waals surface area contributed by atoms with E-state index in [2.05, 4.69) is 22.3 Å². The first-order valence-electron chi connectivity index (χ1n) is 5.83. The van der Waals surface area contributed by atoms with E-state index >= 15 is 0 Å². The zero-order chi connectivity index (χ0) is 12.3. The molecule has 0 bridgehead atoms. The van der Waals surface area contributed by atoms with Crippen LogP contribution in [0.15, 0.2) is 23.1 Å². The second-order valence-electron chi connectivity index (χ2n) is 4.03. The van der Waals surface area contributed by atoms with Gasteiger partial charge < -0.3 is 9.73 Å². The van der Waals surface area contributed by atoms with Gasteiger partial charge in [-0.2, -0.15) is 5.10 Å². The molecule has 2 heterocycles. The molecule has 2 aromatic heterocycles. The predicted octanol–water partition coefficient (Wildman–Crippen LogP) is 1.70. The molecule has 0 aliphatic rings. The van der Waals surface area contributed by atoms with Crippen molar-refractivity contribution in [3.8, 4) is 0 Å². The minimum Gasteiger partial charge on any atom is -0.469 e. The van der Waals surface area contributed by atoms with E-state index in [0.29, 0.717) is 0 Å². The van der Waals surface area contributed by atoms with E-state index in [4.69, 9.17) is 4.42 Å². The first kappa shape index (κ1) is 11.9. The van der Waals surface area contributed by atoms with Crippen molar-refractivity contribution in [1.29, 1.82) is 0 Å². The number of hydrogen-bond acceptors (Lipinski definition) is 4. The number of nitrogens with zero attached hydrogens (tertiary/aromatic N) is 3. The van der Waals surface area contributed by atoms with E-state index in [9.17, 15) is 0 Å². The third-order valence-corrected chi connectivity index (χ3v) is 2.88. The number of rotatable bonds is 5. The molecule has 1 atom stereocenters. The van der Waals surface area contributed by atoms with E-state index in [1.165, 1.54) is 0 Å². The Balaban J connectivity index is 2.15. The Kier molecular flexibility index (Phi) is 3.58. The second-order valence-corrected chi connectivity index (χ2v) is 4.03. The van der Waals surface area contributed by atoms with Gasteiger partial charge in [-0.3, -0.25) is 4.68 Å². The first-order valence-corrected chi connectivity index (χ1v) is 5.83. The fourth-order valence-corrected chi connectivity index (χ4v) is 1.93. The van der Waals surface area contributed by atoms with Crippen molar-refractivity contribution in [3.63, 3.8) is 0 Å². The minimum absolute atomic E-state index is 0.210. The molecule has 0 radical (unpaired) electrons. The highest BCUT2D eigenvalue weighted by Crippen LogP contribution is 2.19. The average Bonchev–Trinajstić information content (AvgIpc) is 2.94. The lowest BCUT2D eigenvalue weighted by atomic mass is 10.1. The molecule has 0 amide bonds. The monoisotopic (exact) mass is 234 g/mol. The number of likely N-dealkylation sites (N-methyl/N-ethyl adjacent to an activating group) is 1. The molecule has 0 saturated heterocycles. The van der Waals surface area contributed by atoms with Crippen LogP contribution in [0.3, 0.4) is 0 Å². The molecule has 2 aromatic rings. The van der Waals surface area contributed by atoms with Crippen LogP contribution in [0.2, 0.25) is 0 Å². The fourth-order valence-electron chi connectivity index (χ4n) is 1.93. The van der Waals surface area contributed by atoms with E-state index in [0.717, 1.165) is 30.1 Å². The second kappa shape index (κ2) is 5.14. The van der Waals surface area contributed by atoms with Crippen molar-refractivity contribution in [1.82, 2.24) is 20.1 Å². The average molecular weight is 234 g/mol. The summed E-state index contributed by atoms with van der Waals surface area (Å²) in [5, 5.41) is 7.46. The smallest absolute Gasteiger partial charge is 0.138 e. The van der Waals surface area contributed by atoms with E-state index in [1.807, 2.05) is 24.7 Å². The van der Waals surface area contributed by atoms with Crippen molar-refractivity contribution < 1.29 is 4.42 Å². The van der Waals surface area contributed by atoms with Gasteiger partial charge in [0.2, 0.25) is 0 Å². The topological polar surface area (TPSA) is 55.9 Å². The van der Waals surface area contributed by atoms with Gasteiger partial charge in [-0.1, -0.05) is 0 Å². The maximum absolute atomic E-state index is 5.34. The van der Waals surface area contributed by atoms with Crippen LogP contribution < -0.4 is 5.32 Å². The van der Waals surface area contributed by atoms with Gasteiger partial charge >= 0.3 is 0 Å². The molecule has 92 valence electrons. The van der Waals surface area contributed by atoms with E-state index in [-0.39, 0.29) is 6.04 Å². The van der Waals surface area contributed by atoms with Crippen LogP contribution in [0.25, 0.3) is 0 Å². The van der Waals surface area contributed by atoms with Crippen LogP contribution in [-0.4, -0.2) is 21.8 Å². The summed E-state index contributed by atoms with van der Waals surface area (Å²) in [4.78, 5) is 4.29. The summed E-state index contributed by atoms with van der Waals surface area (Å²) in [6.45, 7) is 4.86. The van der Waals surface area contributed by atoms with Crippen molar-refractivity contribution in [2.75, 3.05) is 7.05 Å². The van der Waals surface area contributed by atoms with Gasteiger partial charge in [-0.05, 0) is 27.0 Å². The molecular weight excluding hydrogens is 216 g/mol. The molecular formula is C12H18N4O. The van der Waals surface area contributed by atoms with E-state index in [1.54, 1.807) is 12.6 Å². The Labute approximate surface area is 101 Å². The normalized spacial score (nSPS) is 12.9. The zero-order valence-electron chi connectivity index (χ0n) is 10.5. The standard InChI is InChI=1S/C12H18N4O/c1-4-16-12(14-8-15-16)6-11(13-3)10-5-9(2)17-7-10/h5,7-8,11,13H,4,6H2,1-3H3. The molecule has 5 nitrogen and oxygen atoms in total. The number of aromatic nitrogens is 3. The summed E-state index contributed by atoms with van der Waals surface area (Å²) < 4.78 is 7.25. The maximum atomic E-state index is 5.34.